The molecule has 0 amide bonds. The molecular formula is C24H29FN4O. The molecule has 2 aromatic carbocycles. The van der Waals surface area contributed by atoms with E-state index in [4.69, 9.17) is 4.52 Å². The summed E-state index contributed by atoms with van der Waals surface area (Å²) in [5.41, 5.74) is 2.34. The predicted molar refractivity (Wildman–Crippen MR) is 118 cm³/mol. The number of hydrogen-bond donors (Lipinski definition) is 0. The van der Waals surface area contributed by atoms with Gasteiger partial charge in [0, 0.05) is 43.5 Å². The van der Waals surface area contributed by atoms with Crippen molar-refractivity contribution in [2.45, 2.75) is 13.0 Å². The van der Waals surface area contributed by atoms with Gasteiger partial charge in [-0.2, -0.15) is 0 Å². The van der Waals surface area contributed by atoms with Crippen molar-refractivity contribution in [3.63, 3.8) is 0 Å². The minimum atomic E-state index is -0.280. The molecule has 2 heterocycles. The zero-order valence-corrected chi connectivity index (χ0v) is 17.5. The first-order chi connectivity index (χ1) is 14.7. The molecule has 0 N–H and O–H groups in total. The van der Waals surface area contributed by atoms with Crippen molar-refractivity contribution in [1.82, 2.24) is 15.0 Å². The normalized spacial score (nSPS) is 15.1. The summed E-state index contributed by atoms with van der Waals surface area (Å²) in [7, 11) is 2.08. The van der Waals surface area contributed by atoms with Crippen LogP contribution in [0.1, 0.15) is 12.2 Å². The Morgan fingerprint density at radius 2 is 1.73 bits per heavy atom. The molecule has 1 aliphatic rings. The lowest BCUT2D eigenvalue weighted by molar-refractivity contribution is 0.223. The van der Waals surface area contributed by atoms with Crippen molar-refractivity contribution in [1.29, 1.82) is 0 Å². The molecule has 1 saturated heterocycles. The first-order valence-electron chi connectivity index (χ1n) is 10.6. The van der Waals surface area contributed by atoms with Gasteiger partial charge < -0.3 is 9.42 Å². The Morgan fingerprint density at radius 3 is 2.50 bits per heavy atom. The third kappa shape index (κ3) is 5.26. The van der Waals surface area contributed by atoms with Crippen LogP contribution in [-0.2, 0) is 6.54 Å². The van der Waals surface area contributed by atoms with E-state index in [1.807, 2.05) is 6.07 Å². The summed E-state index contributed by atoms with van der Waals surface area (Å²) in [4.78, 5) is 7.23. The highest BCUT2D eigenvalue weighted by Crippen LogP contribution is 2.22. The Morgan fingerprint density at radius 1 is 1.00 bits per heavy atom. The fourth-order valence-electron chi connectivity index (χ4n) is 3.96. The molecule has 0 bridgehead atoms. The summed E-state index contributed by atoms with van der Waals surface area (Å²) in [6.45, 7) is 7.12. The number of anilines is 1. The van der Waals surface area contributed by atoms with Crippen LogP contribution in [-0.4, -0.2) is 61.3 Å². The minimum Gasteiger partial charge on any atom is -0.369 e. The number of nitrogens with zero attached hydrogens (tertiary/aromatic N) is 4. The van der Waals surface area contributed by atoms with Crippen LogP contribution < -0.4 is 4.90 Å². The first kappa shape index (κ1) is 20.6. The molecule has 0 radical (unpaired) electrons. The van der Waals surface area contributed by atoms with E-state index < -0.39 is 0 Å². The maximum Gasteiger partial charge on any atom is 0.151 e. The van der Waals surface area contributed by atoms with Crippen LogP contribution in [0.2, 0.25) is 0 Å². The van der Waals surface area contributed by atoms with E-state index in [1.165, 1.54) is 11.8 Å². The van der Waals surface area contributed by atoms with Crippen LogP contribution in [0, 0.1) is 5.82 Å². The zero-order chi connectivity index (χ0) is 20.8. The fourth-order valence-corrected chi connectivity index (χ4v) is 3.96. The van der Waals surface area contributed by atoms with Gasteiger partial charge in [0.25, 0.3) is 0 Å². The molecule has 30 heavy (non-hydrogen) atoms. The molecule has 0 unspecified atom stereocenters. The highest BCUT2D eigenvalue weighted by Gasteiger charge is 2.17. The summed E-state index contributed by atoms with van der Waals surface area (Å²) in [5, 5.41) is 4.03. The van der Waals surface area contributed by atoms with Crippen molar-refractivity contribution in [2.24, 2.45) is 0 Å². The molecule has 1 fully saturated rings. The monoisotopic (exact) mass is 408 g/mol. The van der Waals surface area contributed by atoms with Gasteiger partial charge in [0.15, 0.2) is 5.76 Å². The van der Waals surface area contributed by atoms with Crippen molar-refractivity contribution in [3.05, 3.63) is 72.2 Å². The van der Waals surface area contributed by atoms with E-state index >= 15 is 0 Å². The number of rotatable bonds is 8. The third-order valence-electron chi connectivity index (χ3n) is 5.64. The molecule has 5 nitrogen and oxygen atoms in total. The van der Waals surface area contributed by atoms with Crippen molar-refractivity contribution in [3.8, 4) is 11.3 Å². The molecule has 6 heteroatoms. The number of benzene rings is 2. The van der Waals surface area contributed by atoms with E-state index in [0.29, 0.717) is 17.8 Å². The lowest BCUT2D eigenvalue weighted by Crippen LogP contribution is -2.47. The molecule has 1 aliphatic heterocycles. The smallest absolute Gasteiger partial charge is 0.151 e. The molecule has 0 atom stereocenters. The highest BCUT2D eigenvalue weighted by atomic mass is 19.1. The van der Waals surface area contributed by atoms with Crippen LogP contribution >= 0.6 is 0 Å². The molecule has 1 aromatic heterocycles. The largest absolute Gasteiger partial charge is 0.369 e. The van der Waals surface area contributed by atoms with Gasteiger partial charge in [-0.3, -0.25) is 9.80 Å². The van der Waals surface area contributed by atoms with Gasteiger partial charge in [-0.15, -0.1) is 0 Å². The van der Waals surface area contributed by atoms with E-state index in [-0.39, 0.29) is 5.82 Å². The van der Waals surface area contributed by atoms with Crippen LogP contribution in [0.25, 0.3) is 11.3 Å². The first-order valence-corrected chi connectivity index (χ1v) is 10.6. The predicted octanol–water partition coefficient (Wildman–Crippen LogP) is 4.12. The zero-order valence-electron chi connectivity index (χ0n) is 17.5. The number of halogens is 1. The topological polar surface area (TPSA) is 35.8 Å². The lowest BCUT2D eigenvalue weighted by atomic mass is 10.1. The van der Waals surface area contributed by atoms with Gasteiger partial charge in [-0.1, -0.05) is 35.5 Å². The average molecular weight is 409 g/mol. The molecule has 158 valence electrons. The Kier molecular flexibility index (Phi) is 6.77. The number of aromatic nitrogens is 1. The standard InChI is InChI=1S/C24H29FN4O/c1-27(19-21-18-24(26-30-21)22-10-5-6-11-23(22)25)12-7-13-28-14-16-29(17-15-28)20-8-3-2-4-9-20/h2-6,8-11,18H,7,12-17,19H2,1H3. The van der Waals surface area contributed by atoms with Crippen molar-refractivity contribution < 1.29 is 8.91 Å². The molecule has 0 spiro atoms. The van der Waals surface area contributed by atoms with Gasteiger partial charge in [-0.25, -0.2) is 4.39 Å². The van der Waals surface area contributed by atoms with E-state index in [2.05, 4.69) is 57.2 Å². The second kappa shape index (κ2) is 9.87. The second-order valence-electron chi connectivity index (χ2n) is 7.91. The Bertz CT molecular complexity index is 922. The maximum absolute atomic E-state index is 13.9. The minimum absolute atomic E-state index is 0.280. The van der Waals surface area contributed by atoms with Crippen LogP contribution in [0.15, 0.2) is 65.2 Å². The molecule has 4 rings (SSSR count). The van der Waals surface area contributed by atoms with Gasteiger partial charge in [-0.05, 0) is 50.8 Å². The van der Waals surface area contributed by atoms with Gasteiger partial charge in [0.2, 0.25) is 0 Å². The SMILES string of the molecule is CN(CCCN1CCN(c2ccccc2)CC1)Cc1cc(-c2ccccc2F)no1. The Labute approximate surface area is 177 Å². The molecular weight excluding hydrogens is 379 g/mol. The number of piperazine rings is 1. The summed E-state index contributed by atoms with van der Waals surface area (Å²) in [5.74, 6) is 0.477. The summed E-state index contributed by atoms with van der Waals surface area (Å²) in [6.07, 6.45) is 1.11. The van der Waals surface area contributed by atoms with E-state index in [1.54, 1.807) is 18.2 Å². The van der Waals surface area contributed by atoms with Crippen LogP contribution in [0.3, 0.4) is 0 Å². The van der Waals surface area contributed by atoms with Crippen LogP contribution in [0.4, 0.5) is 10.1 Å². The van der Waals surface area contributed by atoms with Gasteiger partial charge >= 0.3 is 0 Å². The Hall–Kier alpha value is -2.70. The molecule has 0 saturated carbocycles. The second-order valence-corrected chi connectivity index (χ2v) is 7.91. The quantitative estimate of drug-likeness (QED) is 0.560. The summed E-state index contributed by atoms with van der Waals surface area (Å²) < 4.78 is 19.3. The molecule has 3 aromatic rings. The average Bonchev–Trinajstić information content (AvgIpc) is 3.23. The lowest BCUT2D eigenvalue weighted by Gasteiger charge is -2.36. The van der Waals surface area contributed by atoms with E-state index in [0.717, 1.165) is 51.4 Å². The number of hydrogen-bond acceptors (Lipinski definition) is 5. The van der Waals surface area contributed by atoms with Gasteiger partial charge in [0.1, 0.15) is 11.5 Å². The Balaban J connectivity index is 1.18. The van der Waals surface area contributed by atoms with Crippen LogP contribution in [0.5, 0.6) is 0 Å². The third-order valence-corrected chi connectivity index (χ3v) is 5.64. The van der Waals surface area contributed by atoms with Crippen molar-refractivity contribution >= 4 is 5.69 Å². The number of para-hydroxylation sites is 1. The fraction of sp³-hybridized carbons (Fsp3) is 0.375. The summed E-state index contributed by atoms with van der Waals surface area (Å²) in [6, 6.07) is 19.1. The maximum atomic E-state index is 13.9. The van der Waals surface area contributed by atoms with Gasteiger partial charge in [0.05, 0.1) is 6.54 Å². The molecule has 0 aliphatic carbocycles. The highest BCUT2D eigenvalue weighted by molar-refractivity contribution is 5.59. The van der Waals surface area contributed by atoms with Crippen molar-refractivity contribution in [2.75, 3.05) is 51.2 Å². The van der Waals surface area contributed by atoms with E-state index in [9.17, 15) is 4.39 Å². The summed E-state index contributed by atoms with van der Waals surface area (Å²) >= 11 is 0.